The van der Waals surface area contributed by atoms with Crippen LogP contribution in [-0.4, -0.2) is 9.97 Å². The molecule has 0 radical (unpaired) electrons. The van der Waals surface area contributed by atoms with Gasteiger partial charge in [0.1, 0.15) is 11.8 Å². The Morgan fingerprint density at radius 3 is 3.00 bits per heavy atom. The van der Waals surface area contributed by atoms with E-state index in [0.29, 0.717) is 16.6 Å². The van der Waals surface area contributed by atoms with Crippen molar-refractivity contribution in [1.29, 1.82) is 5.26 Å². The van der Waals surface area contributed by atoms with Crippen LogP contribution < -0.4 is 5.56 Å². The molecular formula is C9H5N3O. The molecule has 62 valence electrons. The number of pyridine rings is 2. The van der Waals surface area contributed by atoms with Gasteiger partial charge in [0.15, 0.2) is 0 Å². The summed E-state index contributed by atoms with van der Waals surface area (Å²) in [6.45, 7) is 0. The van der Waals surface area contributed by atoms with Crippen LogP contribution in [0.15, 0.2) is 29.2 Å². The summed E-state index contributed by atoms with van der Waals surface area (Å²) in [7, 11) is 0. The zero-order chi connectivity index (χ0) is 9.26. The van der Waals surface area contributed by atoms with Crippen LogP contribution >= 0.6 is 0 Å². The molecule has 2 heterocycles. The molecule has 0 atom stereocenters. The molecule has 1 N–H and O–H groups in total. The zero-order valence-corrected chi connectivity index (χ0v) is 6.61. The lowest BCUT2D eigenvalue weighted by Gasteiger charge is -1.94. The van der Waals surface area contributed by atoms with Crippen molar-refractivity contribution in [1.82, 2.24) is 9.97 Å². The molecule has 2 aromatic heterocycles. The molecule has 0 aliphatic rings. The molecule has 0 saturated carbocycles. The summed E-state index contributed by atoms with van der Waals surface area (Å²) in [6, 6.07) is 6.70. The van der Waals surface area contributed by atoms with E-state index in [9.17, 15) is 4.79 Å². The Hall–Kier alpha value is -2.15. The van der Waals surface area contributed by atoms with Crippen molar-refractivity contribution in [2.45, 2.75) is 0 Å². The minimum atomic E-state index is -0.186. The quantitative estimate of drug-likeness (QED) is 0.637. The maximum Gasteiger partial charge on any atom is 0.257 e. The summed E-state index contributed by atoms with van der Waals surface area (Å²) in [4.78, 5) is 17.7. The predicted octanol–water partition coefficient (Wildman–Crippen LogP) is 0.795. The molecule has 0 unspecified atom stereocenters. The normalized spacial score (nSPS) is 9.77. The van der Waals surface area contributed by atoms with Crippen LogP contribution in [0.25, 0.3) is 10.9 Å². The zero-order valence-electron chi connectivity index (χ0n) is 6.61. The summed E-state index contributed by atoms with van der Waals surface area (Å²) in [5, 5.41) is 9.07. The fraction of sp³-hybridized carbons (Fsp3) is 0. The lowest BCUT2D eigenvalue weighted by molar-refractivity contribution is 1.24. The van der Waals surface area contributed by atoms with E-state index in [1.165, 1.54) is 12.3 Å². The number of nitrogens with zero attached hydrogens (tertiary/aromatic N) is 2. The standard InChI is InChI=1S/C9H5N3O/c10-5-6-1-2-7-8(12-6)3-4-11-9(7)13/h1-4H,(H,11,13). The molecule has 13 heavy (non-hydrogen) atoms. The number of aromatic nitrogens is 2. The molecule has 2 aromatic rings. The minimum absolute atomic E-state index is 0.186. The minimum Gasteiger partial charge on any atom is -0.328 e. The highest BCUT2D eigenvalue weighted by molar-refractivity contribution is 5.77. The number of fused-ring (bicyclic) bond motifs is 1. The summed E-state index contributed by atoms with van der Waals surface area (Å²) in [5.74, 6) is 0. The largest absolute Gasteiger partial charge is 0.328 e. The highest BCUT2D eigenvalue weighted by Crippen LogP contribution is 2.05. The van der Waals surface area contributed by atoms with Gasteiger partial charge in [-0.2, -0.15) is 5.26 Å². The molecule has 0 fully saturated rings. The van der Waals surface area contributed by atoms with Gasteiger partial charge in [-0.15, -0.1) is 0 Å². The predicted molar refractivity (Wildman–Crippen MR) is 47.1 cm³/mol. The van der Waals surface area contributed by atoms with Crippen LogP contribution in [0, 0.1) is 11.3 Å². The second-order valence-electron chi connectivity index (χ2n) is 2.55. The third-order valence-corrected chi connectivity index (χ3v) is 1.74. The first-order chi connectivity index (χ1) is 6.31. The van der Waals surface area contributed by atoms with Crippen molar-refractivity contribution >= 4 is 10.9 Å². The van der Waals surface area contributed by atoms with E-state index < -0.39 is 0 Å². The van der Waals surface area contributed by atoms with Crippen LogP contribution in [0.1, 0.15) is 5.69 Å². The highest BCUT2D eigenvalue weighted by atomic mass is 16.1. The molecule has 0 saturated heterocycles. The van der Waals surface area contributed by atoms with Gasteiger partial charge in [0.2, 0.25) is 0 Å². The number of hydrogen-bond acceptors (Lipinski definition) is 3. The number of rotatable bonds is 0. The Bertz CT molecular complexity index is 551. The first-order valence-corrected chi connectivity index (χ1v) is 3.70. The van der Waals surface area contributed by atoms with E-state index in [0.717, 1.165) is 0 Å². The van der Waals surface area contributed by atoms with Crippen molar-refractivity contribution in [3.8, 4) is 6.07 Å². The molecule has 4 heteroatoms. The van der Waals surface area contributed by atoms with Gasteiger partial charge in [-0.25, -0.2) is 4.98 Å². The summed E-state index contributed by atoms with van der Waals surface area (Å²) >= 11 is 0. The Balaban J connectivity index is 2.90. The maximum atomic E-state index is 11.2. The molecular weight excluding hydrogens is 166 g/mol. The Kier molecular flexibility index (Phi) is 1.57. The van der Waals surface area contributed by atoms with Crippen molar-refractivity contribution in [2.75, 3.05) is 0 Å². The average Bonchev–Trinajstić information content (AvgIpc) is 2.18. The Morgan fingerprint density at radius 2 is 2.23 bits per heavy atom. The molecule has 0 aromatic carbocycles. The van der Waals surface area contributed by atoms with Crippen LogP contribution in [-0.2, 0) is 0 Å². The van der Waals surface area contributed by atoms with Crippen LogP contribution in [0.3, 0.4) is 0 Å². The van der Waals surface area contributed by atoms with Crippen LogP contribution in [0.2, 0.25) is 0 Å². The second kappa shape index (κ2) is 2.72. The third kappa shape index (κ3) is 1.16. The molecule has 0 amide bonds. The van der Waals surface area contributed by atoms with E-state index in [2.05, 4.69) is 9.97 Å². The van der Waals surface area contributed by atoms with E-state index >= 15 is 0 Å². The fourth-order valence-corrected chi connectivity index (χ4v) is 1.13. The number of H-pyrrole nitrogens is 1. The maximum absolute atomic E-state index is 11.2. The lowest BCUT2D eigenvalue weighted by Crippen LogP contribution is -2.05. The van der Waals surface area contributed by atoms with E-state index in [1.807, 2.05) is 6.07 Å². The van der Waals surface area contributed by atoms with Crippen molar-refractivity contribution in [3.05, 3.63) is 40.4 Å². The third-order valence-electron chi connectivity index (χ3n) is 1.74. The molecule has 0 aliphatic heterocycles. The van der Waals surface area contributed by atoms with Gasteiger partial charge in [-0.05, 0) is 18.2 Å². The molecule has 4 nitrogen and oxygen atoms in total. The van der Waals surface area contributed by atoms with Gasteiger partial charge in [0.25, 0.3) is 5.56 Å². The van der Waals surface area contributed by atoms with Crippen molar-refractivity contribution in [2.24, 2.45) is 0 Å². The second-order valence-corrected chi connectivity index (χ2v) is 2.55. The average molecular weight is 171 g/mol. The number of nitriles is 1. The van der Waals surface area contributed by atoms with Gasteiger partial charge >= 0.3 is 0 Å². The topological polar surface area (TPSA) is 69.5 Å². The first-order valence-electron chi connectivity index (χ1n) is 3.70. The summed E-state index contributed by atoms with van der Waals surface area (Å²) < 4.78 is 0. The first kappa shape index (κ1) is 7.50. The molecule has 0 bridgehead atoms. The summed E-state index contributed by atoms with van der Waals surface area (Å²) in [6.07, 6.45) is 1.51. The molecule has 0 spiro atoms. The van der Waals surface area contributed by atoms with Gasteiger partial charge in [-0.3, -0.25) is 4.79 Å². The smallest absolute Gasteiger partial charge is 0.257 e. The van der Waals surface area contributed by atoms with E-state index in [1.54, 1.807) is 12.1 Å². The molecule has 2 rings (SSSR count). The van der Waals surface area contributed by atoms with Gasteiger partial charge in [0, 0.05) is 6.20 Å². The number of hydrogen-bond donors (Lipinski definition) is 1. The SMILES string of the molecule is N#Cc1ccc2c(=O)[nH]ccc2n1. The Morgan fingerprint density at radius 1 is 1.38 bits per heavy atom. The van der Waals surface area contributed by atoms with Gasteiger partial charge < -0.3 is 4.98 Å². The number of nitrogens with one attached hydrogen (secondary N) is 1. The highest BCUT2D eigenvalue weighted by Gasteiger charge is 1.99. The van der Waals surface area contributed by atoms with Gasteiger partial charge in [0.05, 0.1) is 10.9 Å². The van der Waals surface area contributed by atoms with Crippen molar-refractivity contribution in [3.63, 3.8) is 0 Å². The van der Waals surface area contributed by atoms with Gasteiger partial charge in [-0.1, -0.05) is 0 Å². The lowest BCUT2D eigenvalue weighted by atomic mass is 10.2. The van der Waals surface area contributed by atoms with Crippen molar-refractivity contribution < 1.29 is 0 Å². The molecule has 0 aliphatic carbocycles. The van der Waals surface area contributed by atoms with Crippen LogP contribution in [0.5, 0.6) is 0 Å². The summed E-state index contributed by atoms with van der Waals surface area (Å²) in [5.41, 5.74) is 0.676. The Labute approximate surface area is 73.5 Å². The monoisotopic (exact) mass is 171 g/mol. The fourth-order valence-electron chi connectivity index (χ4n) is 1.13. The van der Waals surface area contributed by atoms with Crippen LogP contribution in [0.4, 0.5) is 0 Å². The number of aromatic amines is 1. The van der Waals surface area contributed by atoms with E-state index in [-0.39, 0.29) is 5.56 Å². The van der Waals surface area contributed by atoms with E-state index in [4.69, 9.17) is 5.26 Å².